The normalized spacial score (nSPS) is 12.1. The highest BCUT2D eigenvalue weighted by atomic mass is 16.5. The number of carboxylic acid groups (broad SMARTS) is 1. The van der Waals surface area contributed by atoms with Gasteiger partial charge in [-0.15, -0.1) is 0 Å². The van der Waals surface area contributed by atoms with Crippen LogP contribution in [0.5, 0.6) is 0 Å². The van der Waals surface area contributed by atoms with Crippen LogP contribution in [0.4, 0.5) is 0 Å². The van der Waals surface area contributed by atoms with Gasteiger partial charge >= 0.3 is 5.97 Å². The molecule has 0 saturated carbocycles. The molecule has 2 aromatic carbocycles. The fourth-order valence-corrected chi connectivity index (χ4v) is 2.59. The van der Waals surface area contributed by atoms with Crippen LogP contribution < -0.4 is 5.32 Å². The number of aromatic nitrogens is 2. The predicted molar refractivity (Wildman–Crippen MR) is 97.8 cm³/mol. The maximum absolute atomic E-state index is 11.0. The zero-order valence-corrected chi connectivity index (χ0v) is 14.8. The standard InChI is InChI=1S/C20H21N3O3/c1-3-14-7-9-16(10-8-14)18-22-19(26-23-18)13(2)21-12-15-5-4-6-17(11-15)20(24)25/h4-11,13,21H,3,12H2,1-2H3,(H,24,25). The lowest BCUT2D eigenvalue weighted by atomic mass is 10.1. The molecule has 6 nitrogen and oxygen atoms in total. The number of nitrogens with one attached hydrogen (secondary N) is 1. The Hall–Kier alpha value is -2.99. The lowest BCUT2D eigenvalue weighted by Crippen LogP contribution is -2.18. The molecular formula is C20H21N3O3. The van der Waals surface area contributed by atoms with Crippen LogP contribution >= 0.6 is 0 Å². The SMILES string of the molecule is CCc1ccc(-c2noc(C(C)NCc3cccc(C(=O)O)c3)n2)cc1. The number of aryl methyl sites for hydroxylation is 1. The molecule has 134 valence electrons. The average Bonchev–Trinajstić information content (AvgIpc) is 3.16. The van der Waals surface area contributed by atoms with Crippen molar-refractivity contribution in [1.82, 2.24) is 15.5 Å². The van der Waals surface area contributed by atoms with Crippen LogP contribution in [0.2, 0.25) is 0 Å². The summed E-state index contributed by atoms with van der Waals surface area (Å²) >= 11 is 0. The number of nitrogens with zero attached hydrogens (tertiary/aromatic N) is 2. The quantitative estimate of drug-likeness (QED) is 0.672. The van der Waals surface area contributed by atoms with Gasteiger partial charge in [0.25, 0.3) is 0 Å². The Morgan fingerprint density at radius 3 is 2.65 bits per heavy atom. The zero-order valence-electron chi connectivity index (χ0n) is 14.8. The number of hydrogen-bond acceptors (Lipinski definition) is 5. The summed E-state index contributed by atoms with van der Waals surface area (Å²) in [6.45, 7) is 4.55. The summed E-state index contributed by atoms with van der Waals surface area (Å²) in [4.78, 5) is 15.5. The van der Waals surface area contributed by atoms with Gasteiger partial charge in [0.1, 0.15) is 0 Å². The fraction of sp³-hybridized carbons (Fsp3) is 0.250. The minimum Gasteiger partial charge on any atom is -0.478 e. The number of hydrogen-bond donors (Lipinski definition) is 2. The molecule has 3 rings (SSSR count). The molecule has 0 amide bonds. The van der Waals surface area contributed by atoms with Crippen molar-refractivity contribution in [3.63, 3.8) is 0 Å². The van der Waals surface area contributed by atoms with Crippen LogP contribution in [0.1, 0.15) is 47.3 Å². The Bertz CT molecular complexity index is 887. The van der Waals surface area contributed by atoms with Crippen LogP contribution in [0, 0.1) is 0 Å². The van der Waals surface area contributed by atoms with Gasteiger partial charge in [-0.1, -0.05) is 48.5 Å². The Kier molecular flexibility index (Phi) is 5.43. The number of aromatic carboxylic acids is 1. The van der Waals surface area contributed by atoms with E-state index in [9.17, 15) is 4.79 Å². The van der Waals surface area contributed by atoms with Crippen molar-refractivity contribution in [2.24, 2.45) is 0 Å². The molecule has 6 heteroatoms. The van der Waals surface area contributed by atoms with Gasteiger partial charge < -0.3 is 14.9 Å². The van der Waals surface area contributed by atoms with Crippen LogP contribution in [0.3, 0.4) is 0 Å². The molecular weight excluding hydrogens is 330 g/mol. The first-order valence-electron chi connectivity index (χ1n) is 8.55. The molecule has 1 unspecified atom stereocenters. The Labute approximate surface area is 151 Å². The minimum atomic E-state index is -0.935. The van der Waals surface area contributed by atoms with E-state index in [1.807, 2.05) is 25.1 Å². The maximum Gasteiger partial charge on any atom is 0.335 e. The van der Waals surface area contributed by atoms with Gasteiger partial charge in [0.2, 0.25) is 11.7 Å². The van der Waals surface area contributed by atoms with Gasteiger partial charge in [0.05, 0.1) is 11.6 Å². The summed E-state index contributed by atoms with van der Waals surface area (Å²) in [7, 11) is 0. The van der Waals surface area contributed by atoms with E-state index in [0.29, 0.717) is 18.3 Å². The summed E-state index contributed by atoms with van der Waals surface area (Å²) in [6, 6.07) is 14.8. The summed E-state index contributed by atoms with van der Waals surface area (Å²) in [6.07, 6.45) is 0.988. The van der Waals surface area contributed by atoms with Crippen molar-refractivity contribution >= 4 is 5.97 Å². The van der Waals surface area contributed by atoms with Crippen molar-refractivity contribution < 1.29 is 14.4 Å². The number of carboxylic acids is 1. The summed E-state index contributed by atoms with van der Waals surface area (Å²) in [5.74, 6) is 0.119. The minimum absolute atomic E-state index is 0.153. The molecule has 0 aliphatic rings. The fourth-order valence-electron chi connectivity index (χ4n) is 2.59. The van der Waals surface area contributed by atoms with Crippen LogP contribution in [0.25, 0.3) is 11.4 Å². The highest BCUT2D eigenvalue weighted by molar-refractivity contribution is 5.87. The van der Waals surface area contributed by atoms with Crippen molar-refractivity contribution in [2.75, 3.05) is 0 Å². The summed E-state index contributed by atoms with van der Waals surface area (Å²) in [5, 5.41) is 16.4. The number of rotatable bonds is 7. The first-order valence-corrected chi connectivity index (χ1v) is 8.55. The Morgan fingerprint density at radius 2 is 1.96 bits per heavy atom. The molecule has 3 aromatic rings. The Morgan fingerprint density at radius 1 is 1.19 bits per heavy atom. The third kappa shape index (κ3) is 4.15. The van der Waals surface area contributed by atoms with Gasteiger partial charge in [-0.25, -0.2) is 4.79 Å². The molecule has 2 N–H and O–H groups in total. The largest absolute Gasteiger partial charge is 0.478 e. The third-order valence-electron chi connectivity index (χ3n) is 4.22. The summed E-state index contributed by atoms with van der Waals surface area (Å²) < 4.78 is 5.37. The molecule has 1 atom stereocenters. The third-order valence-corrected chi connectivity index (χ3v) is 4.22. The maximum atomic E-state index is 11.0. The second-order valence-corrected chi connectivity index (χ2v) is 6.11. The first-order chi connectivity index (χ1) is 12.6. The second-order valence-electron chi connectivity index (χ2n) is 6.11. The van der Waals surface area contributed by atoms with Crippen molar-refractivity contribution in [3.8, 4) is 11.4 Å². The number of carbonyl (C=O) groups is 1. The monoisotopic (exact) mass is 351 g/mol. The van der Waals surface area contributed by atoms with E-state index in [0.717, 1.165) is 17.5 Å². The second kappa shape index (κ2) is 7.93. The molecule has 1 heterocycles. The molecule has 1 aromatic heterocycles. The predicted octanol–water partition coefficient (Wildman–Crippen LogP) is 3.85. The van der Waals surface area contributed by atoms with Crippen LogP contribution in [-0.2, 0) is 13.0 Å². The van der Waals surface area contributed by atoms with E-state index in [4.69, 9.17) is 9.63 Å². The van der Waals surface area contributed by atoms with Crippen molar-refractivity contribution in [1.29, 1.82) is 0 Å². The van der Waals surface area contributed by atoms with E-state index < -0.39 is 5.97 Å². The molecule has 0 aliphatic heterocycles. The molecule has 0 saturated heterocycles. The first kappa shape index (κ1) is 17.8. The van der Waals surface area contributed by atoms with Crippen molar-refractivity contribution in [2.45, 2.75) is 32.9 Å². The Balaban J connectivity index is 1.65. The van der Waals surface area contributed by atoms with E-state index in [2.05, 4.69) is 34.5 Å². The number of benzene rings is 2. The van der Waals surface area contributed by atoms with Gasteiger partial charge in [0, 0.05) is 12.1 Å². The van der Waals surface area contributed by atoms with Crippen molar-refractivity contribution in [3.05, 3.63) is 71.1 Å². The molecule has 0 spiro atoms. The molecule has 0 fully saturated rings. The zero-order chi connectivity index (χ0) is 18.5. The molecule has 26 heavy (non-hydrogen) atoms. The summed E-state index contributed by atoms with van der Waals surface area (Å²) in [5.41, 5.74) is 3.33. The van der Waals surface area contributed by atoms with Gasteiger partial charge in [-0.2, -0.15) is 4.98 Å². The lowest BCUT2D eigenvalue weighted by Gasteiger charge is -2.09. The average molecular weight is 351 g/mol. The van der Waals surface area contributed by atoms with Gasteiger partial charge in [0.15, 0.2) is 0 Å². The van der Waals surface area contributed by atoms with E-state index in [1.165, 1.54) is 5.56 Å². The molecule has 0 radical (unpaired) electrons. The van der Waals surface area contributed by atoms with Crippen LogP contribution in [-0.4, -0.2) is 21.2 Å². The van der Waals surface area contributed by atoms with Crippen LogP contribution in [0.15, 0.2) is 53.1 Å². The highest BCUT2D eigenvalue weighted by Crippen LogP contribution is 2.19. The molecule has 0 aliphatic carbocycles. The molecule has 0 bridgehead atoms. The topological polar surface area (TPSA) is 88.2 Å². The lowest BCUT2D eigenvalue weighted by molar-refractivity contribution is 0.0696. The van der Waals surface area contributed by atoms with Gasteiger partial charge in [-0.05, 0) is 36.6 Å². The van der Waals surface area contributed by atoms with E-state index in [-0.39, 0.29) is 11.6 Å². The smallest absolute Gasteiger partial charge is 0.335 e. The van der Waals surface area contributed by atoms with E-state index in [1.54, 1.807) is 18.2 Å². The van der Waals surface area contributed by atoms with Gasteiger partial charge in [-0.3, -0.25) is 0 Å². The highest BCUT2D eigenvalue weighted by Gasteiger charge is 2.15. The van der Waals surface area contributed by atoms with E-state index >= 15 is 0 Å².